The van der Waals surface area contributed by atoms with Crippen LogP contribution < -0.4 is 5.32 Å². The predicted molar refractivity (Wildman–Crippen MR) is 199 cm³/mol. The van der Waals surface area contributed by atoms with Crippen molar-refractivity contribution in [3.63, 3.8) is 0 Å². The molecule has 3 unspecified atom stereocenters. The van der Waals surface area contributed by atoms with Gasteiger partial charge in [0.25, 0.3) is 0 Å². The van der Waals surface area contributed by atoms with Crippen LogP contribution in [0.5, 0.6) is 0 Å². The first-order chi connectivity index (χ1) is 22.6. The van der Waals surface area contributed by atoms with Crippen molar-refractivity contribution in [1.82, 2.24) is 5.32 Å². The number of aliphatic hydroxyl groups excluding tert-OH is 3. The molecule has 0 aromatic carbocycles. The molecule has 5 heteroatoms. The Morgan fingerprint density at radius 2 is 0.891 bits per heavy atom. The molecule has 0 aliphatic carbocycles. The van der Waals surface area contributed by atoms with Crippen molar-refractivity contribution in [1.29, 1.82) is 0 Å². The number of hydrogen-bond acceptors (Lipinski definition) is 4. The van der Waals surface area contributed by atoms with Gasteiger partial charge < -0.3 is 20.6 Å². The van der Waals surface area contributed by atoms with E-state index in [1.165, 1.54) is 148 Å². The van der Waals surface area contributed by atoms with Gasteiger partial charge in [-0.2, -0.15) is 0 Å². The van der Waals surface area contributed by atoms with Crippen LogP contribution in [0.15, 0.2) is 24.3 Å². The van der Waals surface area contributed by atoms with Crippen molar-refractivity contribution in [2.24, 2.45) is 0 Å². The van der Waals surface area contributed by atoms with Gasteiger partial charge in [-0.15, -0.1) is 0 Å². The normalized spacial score (nSPS) is 13.9. The lowest BCUT2D eigenvalue weighted by atomic mass is 10.0. The zero-order valence-corrected chi connectivity index (χ0v) is 30.7. The zero-order chi connectivity index (χ0) is 33.8. The molecular formula is C41H79NO4. The molecule has 5 nitrogen and oxygen atoms in total. The van der Waals surface area contributed by atoms with Crippen LogP contribution in [0.2, 0.25) is 0 Å². The highest BCUT2D eigenvalue weighted by Crippen LogP contribution is 2.16. The van der Waals surface area contributed by atoms with E-state index in [0.29, 0.717) is 6.42 Å². The number of allylic oxidation sites excluding steroid dienone is 3. The summed E-state index contributed by atoms with van der Waals surface area (Å²) in [6, 6.07) is -0.808. The molecule has 0 saturated heterocycles. The van der Waals surface area contributed by atoms with Gasteiger partial charge in [-0.25, -0.2) is 0 Å². The fourth-order valence-corrected chi connectivity index (χ4v) is 6.08. The van der Waals surface area contributed by atoms with Crippen LogP contribution in [0.3, 0.4) is 0 Å². The lowest BCUT2D eigenvalue weighted by Crippen LogP contribution is -2.48. The number of hydrogen-bond donors (Lipinski definition) is 4. The average Bonchev–Trinajstić information content (AvgIpc) is 3.06. The number of unbranched alkanes of at least 4 members (excludes halogenated alkanes) is 26. The number of carbonyl (C=O) groups excluding carboxylic acids is 1. The number of nitrogens with one attached hydrogen (secondary N) is 1. The molecule has 0 aliphatic rings. The van der Waals surface area contributed by atoms with Gasteiger partial charge in [0.15, 0.2) is 0 Å². The van der Waals surface area contributed by atoms with Crippen LogP contribution in [0.1, 0.15) is 206 Å². The molecule has 0 saturated carbocycles. The molecule has 4 N–H and O–H groups in total. The van der Waals surface area contributed by atoms with E-state index in [-0.39, 0.29) is 6.61 Å². The number of aliphatic hydroxyl groups is 3. The fraction of sp³-hybridized carbons (Fsp3) is 0.878. The first kappa shape index (κ1) is 44.8. The molecule has 46 heavy (non-hydrogen) atoms. The standard InChI is InChI=1S/C41H79NO4/c1-3-5-7-9-11-13-14-15-16-17-18-19-20-21-22-23-24-25-26-28-30-32-34-36-40(45)41(46)42-38(37-43)39(44)35-33-31-29-27-12-10-8-6-4-2/h12,27,33,35,38-40,43-45H,3-11,13-26,28-32,34,36-37H2,1-2H3,(H,42,46)/b27-12+,35-33+. The maximum atomic E-state index is 12.4. The van der Waals surface area contributed by atoms with Crippen molar-refractivity contribution in [2.45, 2.75) is 225 Å². The van der Waals surface area contributed by atoms with E-state index >= 15 is 0 Å². The summed E-state index contributed by atoms with van der Waals surface area (Å²) in [6.07, 6.45) is 43.6. The molecule has 0 rings (SSSR count). The smallest absolute Gasteiger partial charge is 0.249 e. The van der Waals surface area contributed by atoms with Crippen LogP contribution in [0.4, 0.5) is 0 Å². The molecule has 272 valence electrons. The van der Waals surface area contributed by atoms with Crippen LogP contribution in [-0.2, 0) is 4.79 Å². The summed E-state index contributed by atoms with van der Waals surface area (Å²) in [5.74, 6) is -0.514. The highest BCUT2D eigenvalue weighted by atomic mass is 16.3. The summed E-state index contributed by atoms with van der Waals surface area (Å²) in [7, 11) is 0. The second-order valence-electron chi connectivity index (χ2n) is 13.8. The maximum Gasteiger partial charge on any atom is 0.249 e. The Bertz CT molecular complexity index is 679. The summed E-state index contributed by atoms with van der Waals surface area (Å²) in [5.41, 5.74) is 0. The van der Waals surface area contributed by atoms with Crippen molar-refractivity contribution in [2.75, 3.05) is 6.61 Å². The minimum atomic E-state index is -1.10. The molecule has 0 radical (unpaired) electrons. The largest absolute Gasteiger partial charge is 0.394 e. The van der Waals surface area contributed by atoms with Crippen molar-refractivity contribution in [3.8, 4) is 0 Å². The summed E-state index contributed by atoms with van der Waals surface area (Å²) in [5, 5.41) is 32.9. The predicted octanol–water partition coefficient (Wildman–Crippen LogP) is 11.0. The first-order valence-electron chi connectivity index (χ1n) is 20.2. The van der Waals surface area contributed by atoms with Gasteiger partial charge in [-0.1, -0.05) is 199 Å². The van der Waals surface area contributed by atoms with Crippen LogP contribution in [0, 0.1) is 0 Å². The van der Waals surface area contributed by atoms with Gasteiger partial charge in [0, 0.05) is 0 Å². The quantitative estimate of drug-likeness (QED) is 0.0401. The third-order valence-electron chi connectivity index (χ3n) is 9.29. The SMILES string of the molecule is CCCCC/C=C/CC/C=C/C(O)C(CO)NC(=O)C(O)CCCCCCCCCCCCCCCCCCCCCCCCC. The summed E-state index contributed by atoms with van der Waals surface area (Å²) >= 11 is 0. The Kier molecular flexibility index (Phi) is 35.7. The summed E-state index contributed by atoms with van der Waals surface area (Å²) < 4.78 is 0. The van der Waals surface area contributed by atoms with E-state index in [0.717, 1.165) is 38.5 Å². The van der Waals surface area contributed by atoms with Gasteiger partial charge in [-0.3, -0.25) is 4.79 Å². The maximum absolute atomic E-state index is 12.4. The van der Waals surface area contributed by atoms with Gasteiger partial charge >= 0.3 is 0 Å². The molecule has 0 fully saturated rings. The van der Waals surface area contributed by atoms with Gasteiger partial charge in [0.05, 0.1) is 18.8 Å². The first-order valence-corrected chi connectivity index (χ1v) is 20.2. The number of rotatable bonds is 36. The highest BCUT2D eigenvalue weighted by Gasteiger charge is 2.22. The average molecular weight is 650 g/mol. The van der Waals surface area contributed by atoms with E-state index in [4.69, 9.17) is 0 Å². The Morgan fingerprint density at radius 1 is 0.522 bits per heavy atom. The topological polar surface area (TPSA) is 89.8 Å². The number of amides is 1. The molecule has 0 aromatic heterocycles. The summed E-state index contributed by atoms with van der Waals surface area (Å²) in [6.45, 7) is 4.12. The highest BCUT2D eigenvalue weighted by molar-refractivity contribution is 5.80. The second kappa shape index (κ2) is 36.7. The molecule has 0 heterocycles. The van der Waals surface area contributed by atoms with Crippen molar-refractivity contribution >= 4 is 5.91 Å². The van der Waals surface area contributed by atoms with E-state index in [1.807, 2.05) is 6.08 Å². The van der Waals surface area contributed by atoms with Crippen LogP contribution >= 0.6 is 0 Å². The third kappa shape index (κ3) is 31.4. The lowest BCUT2D eigenvalue weighted by Gasteiger charge is -2.21. The Hall–Kier alpha value is -1.17. The molecule has 0 aromatic rings. The molecule has 3 atom stereocenters. The van der Waals surface area contributed by atoms with Gasteiger partial charge in [0.2, 0.25) is 5.91 Å². The molecule has 0 spiro atoms. The Balaban J connectivity index is 3.58. The van der Waals surface area contributed by atoms with Crippen molar-refractivity contribution < 1.29 is 20.1 Å². The van der Waals surface area contributed by atoms with E-state index in [1.54, 1.807) is 6.08 Å². The number of carbonyl (C=O) groups is 1. The van der Waals surface area contributed by atoms with Gasteiger partial charge in [-0.05, 0) is 32.1 Å². The zero-order valence-electron chi connectivity index (χ0n) is 30.7. The Labute approximate surface area is 286 Å². The third-order valence-corrected chi connectivity index (χ3v) is 9.29. The van der Waals surface area contributed by atoms with Crippen LogP contribution in [-0.4, -0.2) is 46.1 Å². The lowest BCUT2D eigenvalue weighted by molar-refractivity contribution is -0.131. The second-order valence-corrected chi connectivity index (χ2v) is 13.8. The van der Waals surface area contributed by atoms with Crippen LogP contribution in [0.25, 0.3) is 0 Å². The minimum absolute atomic E-state index is 0.374. The fourth-order valence-electron chi connectivity index (χ4n) is 6.08. The summed E-state index contributed by atoms with van der Waals surface area (Å²) in [4.78, 5) is 12.4. The molecular weight excluding hydrogens is 570 g/mol. The molecule has 1 amide bonds. The van der Waals surface area contributed by atoms with Crippen molar-refractivity contribution in [3.05, 3.63) is 24.3 Å². The minimum Gasteiger partial charge on any atom is -0.394 e. The molecule has 0 aliphatic heterocycles. The van der Waals surface area contributed by atoms with E-state index in [2.05, 4.69) is 31.3 Å². The monoisotopic (exact) mass is 650 g/mol. The van der Waals surface area contributed by atoms with E-state index in [9.17, 15) is 20.1 Å². The van der Waals surface area contributed by atoms with E-state index < -0.39 is 24.2 Å². The van der Waals surface area contributed by atoms with Gasteiger partial charge in [0.1, 0.15) is 6.10 Å². The molecule has 0 bridgehead atoms. The Morgan fingerprint density at radius 3 is 1.33 bits per heavy atom.